The topological polar surface area (TPSA) is 35.2 Å². The fourth-order valence-electron chi connectivity index (χ4n) is 0.986. The molecule has 0 spiro atoms. The third-order valence-electron chi connectivity index (χ3n) is 1.49. The Morgan fingerprint density at radius 1 is 1.58 bits per heavy atom. The van der Waals surface area contributed by atoms with Crippen molar-refractivity contribution in [3.05, 3.63) is 29.6 Å². The molecular weight excluding hydrogens is 177 g/mol. The van der Waals surface area contributed by atoms with Crippen molar-refractivity contribution in [2.45, 2.75) is 11.5 Å². The van der Waals surface area contributed by atoms with Crippen LogP contribution >= 0.6 is 11.8 Å². The minimum Gasteiger partial charge on any atom is -0.300 e. The van der Waals surface area contributed by atoms with Gasteiger partial charge in [0.2, 0.25) is 0 Å². The van der Waals surface area contributed by atoms with Gasteiger partial charge in [0.1, 0.15) is 5.82 Å². The van der Waals surface area contributed by atoms with Crippen LogP contribution in [0.25, 0.3) is 0 Å². The Balaban J connectivity index is 3.00. The van der Waals surface area contributed by atoms with Gasteiger partial charge in [-0.25, -0.2) is 10.3 Å². The third kappa shape index (κ3) is 1.97. The molecule has 0 saturated carbocycles. The van der Waals surface area contributed by atoms with Gasteiger partial charge in [-0.1, -0.05) is 12.1 Å². The van der Waals surface area contributed by atoms with Crippen LogP contribution in [0.1, 0.15) is 5.56 Å². The molecule has 0 aliphatic carbocycles. The summed E-state index contributed by atoms with van der Waals surface area (Å²) in [6, 6.07) is 4.86. The summed E-state index contributed by atoms with van der Waals surface area (Å²) in [7, 11) is 0. The molecule has 0 saturated heterocycles. The van der Waals surface area contributed by atoms with Gasteiger partial charge in [0.25, 0.3) is 0 Å². The number of thioether (sulfide) groups is 1. The summed E-state index contributed by atoms with van der Waals surface area (Å²) < 4.78 is 13.1. The van der Waals surface area contributed by atoms with Crippen LogP contribution in [0, 0.1) is 5.82 Å². The van der Waals surface area contributed by atoms with E-state index in [0.717, 1.165) is 5.56 Å². The minimum absolute atomic E-state index is 0.225. The van der Waals surface area contributed by atoms with Gasteiger partial charge < -0.3 is 0 Å². The first kappa shape index (κ1) is 9.51. The van der Waals surface area contributed by atoms with Crippen molar-refractivity contribution in [1.82, 2.24) is 0 Å². The number of hydrogen-bond donors (Lipinski definition) is 1. The normalized spacial score (nSPS) is 10.2. The monoisotopic (exact) mass is 187 g/mol. The molecule has 0 unspecified atom stereocenters. The number of benzene rings is 1. The molecule has 0 radical (unpaired) electrons. The summed E-state index contributed by atoms with van der Waals surface area (Å²) in [6.07, 6.45) is 1.82. The predicted octanol–water partition coefficient (Wildman–Crippen LogP) is 1.94. The van der Waals surface area contributed by atoms with E-state index in [9.17, 15) is 4.39 Å². The lowest BCUT2D eigenvalue weighted by molar-refractivity contribution is 0.122. The molecule has 1 rings (SSSR count). The van der Waals surface area contributed by atoms with Crippen LogP contribution in [0.4, 0.5) is 4.39 Å². The van der Waals surface area contributed by atoms with E-state index < -0.39 is 0 Å². The first-order valence-corrected chi connectivity index (χ1v) is 4.65. The van der Waals surface area contributed by atoms with Gasteiger partial charge in [-0.2, -0.15) is 0 Å². The molecule has 0 fully saturated rings. The van der Waals surface area contributed by atoms with Crippen molar-refractivity contribution < 1.29 is 9.23 Å². The van der Waals surface area contributed by atoms with E-state index >= 15 is 0 Å². The van der Waals surface area contributed by atoms with Crippen LogP contribution < -0.4 is 5.90 Å². The second-order valence-corrected chi connectivity index (χ2v) is 3.06. The Morgan fingerprint density at radius 3 is 2.92 bits per heavy atom. The zero-order chi connectivity index (χ0) is 8.97. The van der Waals surface area contributed by atoms with E-state index in [4.69, 9.17) is 5.90 Å². The highest BCUT2D eigenvalue weighted by atomic mass is 32.2. The van der Waals surface area contributed by atoms with Gasteiger partial charge in [0, 0.05) is 4.90 Å². The molecule has 0 heterocycles. The van der Waals surface area contributed by atoms with Gasteiger partial charge >= 0.3 is 0 Å². The molecule has 0 aromatic heterocycles. The summed E-state index contributed by atoms with van der Waals surface area (Å²) in [5.41, 5.74) is 0.782. The number of rotatable bonds is 3. The van der Waals surface area contributed by atoms with Crippen LogP contribution in [0.3, 0.4) is 0 Å². The fraction of sp³-hybridized carbons (Fsp3) is 0.250. The summed E-state index contributed by atoms with van der Waals surface area (Å²) >= 11 is 1.35. The molecule has 1 aromatic rings. The van der Waals surface area contributed by atoms with E-state index in [0.29, 0.717) is 4.90 Å². The van der Waals surface area contributed by atoms with Crippen molar-refractivity contribution in [2.24, 2.45) is 5.90 Å². The summed E-state index contributed by atoms with van der Waals surface area (Å²) in [6.45, 7) is 0.244. The molecule has 0 aliphatic heterocycles. The summed E-state index contributed by atoms with van der Waals surface area (Å²) in [5, 5.41) is 0. The van der Waals surface area contributed by atoms with E-state index in [-0.39, 0.29) is 12.4 Å². The second-order valence-electron chi connectivity index (χ2n) is 2.24. The second kappa shape index (κ2) is 4.45. The van der Waals surface area contributed by atoms with E-state index in [1.807, 2.05) is 6.26 Å². The Morgan fingerprint density at radius 2 is 2.33 bits per heavy atom. The first-order chi connectivity index (χ1) is 5.79. The van der Waals surface area contributed by atoms with E-state index in [1.165, 1.54) is 17.8 Å². The average molecular weight is 187 g/mol. The zero-order valence-electron chi connectivity index (χ0n) is 6.71. The quantitative estimate of drug-likeness (QED) is 0.580. The Bertz CT molecular complexity index is 267. The maximum Gasteiger partial charge on any atom is 0.137 e. The average Bonchev–Trinajstić information content (AvgIpc) is 2.05. The largest absolute Gasteiger partial charge is 0.300 e. The molecule has 2 N–H and O–H groups in total. The van der Waals surface area contributed by atoms with Gasteiger partial charge in [0.05, 0.1) is 6.61 Å². The predicted molar refractivity (Wildman–Crippen MR) is 47.2 cm³/mol. The molecule has 4 heteroatoms. The standard InChI is InChI=1S/C8H10FNOS/c1-12-8-6(5-11-10)3-2-4-7(8)9/h2-4H,5,10H2,1H3. The lowest BCUT2D eigenvalue weighted by Gasteiger charge is -2.05. The fourth-order valence-corrected chi connectivity index (χ4v) is 1.64. The van der Waals surface area contributed by atoms with Crippen molar-refractivity contribution >= 4 is 11.8 Å². The molecule has 66 valence electrons. The van der Waals surface area contributed by atoms with Gasteiger partial charge in [0.15, 0.2) is 0 Å². The van der Waals surface area contributed by atoms with Crippen molar-refractivity contribution in [3.8, 4) is 0 Å². The Kier molecular flexibility index (Phi) is 3.52. The van der Waals surface area contributed by atoms with Gasteiger partial charge in [-0.15, -0.1) is 11.8 Å². The minimum atomic E-state index is -0.225. The van der Waals surface area contributed by atoms with Crippen LogP contribution in [0.5, 0.6) is 0 Å². The smallest absolute Gasteiger partial charge is 0.137 e. The van der Waals surface area contributed by atoms with Crippen LogP contribution in [-0.4, -0.2) is 6.26 Å². The molecule has 2 nitrogen and oxygen atoms in total. The number of hydrogen-bond acceptors (Lipinski definition) is 3. The molecule has 0 amide bonds. The molecular formula is C8H10FNOS. The van der Waals surface area contributed by atoms with Crippen LogP contribution in [0.15, 0.2) is 23.1 Å². The number of halogens is 1. The van der Waals surface area contributed by atoms with Crippen molar-refractivity contribution in [3.63, 3.8) is 0 Å². The molecule has 0 bridgehead atoms. The molecule has 0 atom stereocenters. The lowest BCUT2D eigenvalue weighted by Crippen LogP contribution is -2.01. The molecule has 0 aliphatic rings. The highest BCUT2D eigenvalue weighted by Gasteiger charge is 2.05. The summed E-state index contributed by atoms with van der Waals surface area (Å²) in [5.74, 6) is 4.68. The highest BCUT2D eigenvalue weighted by molar-refractivity contribution is 7.98. The molecule has 12 heavy (non-hydrogen) atoms. The van der Waals surface area contributed by atoms with E-state index in [1.54, 1.807) is 12.1 Å². The van der Waals surface area contributed by atoms with Gasteiger partial charge in [-0.3, -0.25) is 4.84 Å². The van der Waals surface area contributed by atoms with Crippen molar-refractivity contribution in [1.29, 1.82) is 0 Å². The Hall–Kier alpha value is -0.580. The van der Waals surface area contributed by atoms with E-state index in [2.05, 4.69) is 4.84 Å². The summed E-state index contributed by atoms with van der Waals surface area (Å²) in [4.78, 5) is 5.05. The SMILES string of the molecule is CSc1c(F)cccc1CON. The highest BCUT2D eigenvalue weighted by Crippen LogP contribution is 2.23. The van der Waals surface area contributed by atoms with Crippen molar-refractivity contribution in [2.75, 3.05) is 6.26 Å². The number of nitrogens with two attached hydrogens (primary N) is 1. The third-order valence-corrected chi connectivity index (χ3v) is 2.36. The first-order valence-electron chi connectivity index (χ1n) is 3.42. The van der Waals surface area contributed by atoms with Crippen LogP contribution in [-0.2, 0) is 11.4 Å². The zero-order valence-corrected chi connectivity index (χ0v) is 7.53. The maximum absolute atomic E-state index is 13.1. The van der Waals surface area contributed by atoms with Crippen LogP contribution in [0.2, 0.25) is 0 Å². The molecule has 1 aromatic carbocycles. The van der Waals surface area contributed by atoms with Gasteiger partial charge in [-0.05, 0) is 17.9 Å². The maximum atomic E-state index is 13.1. The Labute approximate surface area is 74.9 Å². The lowest BCUT2D eigenvalue weighted by atomic mass is 10.2.